The Balaban J connectivity index is 1.56. The molecule has 1 fully saturated rings. The van der Waals surface area contributed by atoms with Gasteiger partial charge in [0.05, 0.1) is 16.7 Å². The van der Waals surface area contributed by atoms with Gasteiger partial charge in [-0.1, -0.05) is 38.1 Å². The third kappa shape index (κ3) is 4.62. The van der Waals surface area contributed by atoms with Gasteiger partial charge in [-0.3, -0.25) is 14.4 Å². The van der Waals surface area contributed by atoms with E-state index in [0.717, 1.165) is 24.1 Å². The van der Waals surface area contributed by atoms with Gasteiger partial charge in [0.2, 0.25) is 17.7 Å². The summed E-state index contributed by atoms with van der Waals surface area (Å²) in [5, 5.41) is 2.31. The van der Waals surface area contributed by atoms with Gasteiger partial charge >= 0.3 is 0 Å². The highest BCUT2D eigenvalue weighted by Gasteiger charge is 2.40. The molecule has 6 heteroatoms. The van der Waals surface area contributed by atoms with Crippen LogP contribution in [0, 0.1) is 0 Å². The molecule has 0 spiro atoms. The van der Waals surface area contributed by atoms with E-state index in [4.69, 9.17) is 0 Å². The number of amides is 3. The number of carbonyl (C=O) groups excluding carboxylic acids is 3. The van der Waals surface area contributed by atoms with Crippen LogP contribution in [0.2, 0.25) is 0 Å². The summed E-state index contributed by atoms with van der Waals surface area (Å²) < 4.78 is 0. The maximum absolute atomic E-state index is 12.7. The Hall–Kier alpha value is -2.60. The minimum atomic E-state index is -0.522. The molecule has 0 unspecified atom stereocenters. The van der Waals surface area contributed by atoms with Crippen LogP contribution in [-0.4, -0.2) is 28.7 Å². The maximum Gasteiger partial charge on any atom is 0.247 e. The van der Waals surface area contributed by atoms with Crippen molar-refractivity contribution >= 4 is 40.9 Å². The standard InChI is InChI=1S/C22H24N2O3S/c1-3-15-5-9-17(10-6-15)23-20(25)14-28-19-13-21(26)24(22(19)27)18-11-7-16(4-2)8-12-18/h5-12,19H,3-4,13-14H2,1-2H3,(H,23,25)/t19-/m1/s1. The Labute approximate surface area is 169 Å². The van der Waals surface area contributed by atoms with Crippen LogP contribution >= 0.6 is 11.8 Å². The summed E-state index contributed by atoms with van der Waals surface area (Å²) in [6.45, 7) is 4.13. The molecule has 1 atom stereocenters. The molecule has 1 saturated heterocycles. The fourth-order valence-electron chi connectivity index (χ4n) is 3.08. The monoisotopic (exact) mass is 396 g/mol. The van der Waals surface area contributed by atoms with E-state index in [0.29, 0.717) is 5.69 Å². The van der Waals surface area contributed by atoms with Crippen LogP contribution in [0.4, 0.5) is 11.4 Å². The lowest BCUT2D eigenvalue weighted by Gasteiger charge is -2.15. The molecule has 0 saturated carbocycles. The second kappa shape index (κ2) is 9.06. The topological polar surface area (TPSA) is 66.5 Å². The summed E-state index contributed by atoms with van der Waals surface area (Å²) in [5.41, 5.74) is 3.68. The van der Waals surface area contributed by atoms with Gasteiger partial charge < -0.3 is 5.32 Å². The number of anilines is 2. The van der Waals surface area contributed by atoms with Gasteiger partial charge in [-0.2, -0.15) is 0 Å². The summed E-state index contributed by atoms with van der Waals surface area (Å²) in [5.74, 6) is -0.524. The molecular formula is C22H24N2O3S. The second-order valence-electron chi connectivity index (χ2n) is 6.69. The minimum absolute atomic E-state index is 0.123. The fourth-order valence-corrected chi connectivity index (χ4v) is 4.02. The van der Waals surface area contributed by atoms with Gasteiger partial charge in [-0.15, -0.1) is 11.8 Å². The molecule has 146 valence electrons. The van der Waals surface area contributed by atoms with E-state index in [9.17, 15) is 14.4 Å². The summed E-state index contributed by atoms with van der Waals surface area (Å²) in [7, 11) is 0. The number of nitrogens with one attached hydrogen (secondary N) is 1. The fraction of sp³-hybridized carbons (Fsp3) is 0.318. The first-order valence-electron chi connectivity index (χ1n) is 9.48. The third-order valence-electron chi connectivity index (χ3n) is 4.77. The molecule has 2 aromatic rings. The van der Waals surface area contributed by atoms with Crippen LogP contribution in [0.25, 0.3) is 0 Å². The molecule has 5 nitrogen and oxygen atoms in total. The summed E-state index contributed by atoms with van der Waals surface area (Å²) in [6.07, 6.45) is 1.97. The molecule has 28 heavy (non-hydrogen) atoms. The van der Waals surface area contributed by atoms with E-state index in [1.54, 1.807) is 12.1 Å². The van der Waals surface area contributed by atoms with E-state index >= 15 is 0 Å². The Bertz CT molecular complexity index is 862. The van der Waals surface area contributed by atoms with Crippen LogP contribution < -0.4 is 10.2 Å². The highest BCUT2D eigenvalue weighted by molar-refractivity contribution is 8.01. The predicted molar refractivity (Wildman–Crippen MR) is 114 cm³/mol. The van der Waals surface area contributed by atoms with Crippen molar-refractivity contribution in [2.45, 2.75) is 38.4 Å². The first-order valence-corrected chi connectivity index (χ1v) is 10.5. The highest BCUT2D eigenvalue weighted by atomic mass is 32.2. The van der Waals surface area contributed by atoms with E-state index in [1.807, 2.05) is 36.4 Å². The Morgan fingerprint density at radius 1 is 1.00 bits per heavy atom. The average molecular weight is 397 g/mol. The number of imide groups is 1. The number of hydrogen-bond acceptors (Lipinski definition) is 4. The van der Waals surface area contributed by atoms with Crippen LogP contribution in [-0.2, 0) is 27.2 Å². The molecule has 1 aliphatic heterocycles. The first-order chi connectivity index (χ1) is 13.5. The molecule has 0 radical (unpaired) electrons. The van der Waals surface area contributed by atoms with Gasteiger partial charge in [0.15, 0.2) is 0 Å². The first kappa shape index (κ1) is 20.1. The van der Waals surface area contributed by atoms with E-state index < -0.39 is 5.25 Å². The normalized spacial score (nSPS) is 16.5. The van der Waals surface area contributed by atoms with Crippen molar-refractivity contribution in [2.24, 2.45) is 0 Å². The van der Waals surface area contributed by atoms with Crippen molar-refractivity contribution < 1.29 is 14.4 Å². The largest absolute Gasteiger partial charge is 0.325 e. The molecule has 1 N–H and O–H groups in total. The SMILES string of the molecule is CCc1ccc(NC(=O)CS[C@@H]2CC(=O)N(c3ccc(CC)cc3)C2=O)cc1. The zero-order chi connectivity index (χ0) is 20.1. The molecule has 1 aliphatic rings. The quantitative estimate of drug-likeness (QED) is 0.723. The average Bonchev–Trinajstić information content (AvgIpc) is 3.00. The number of hydrogen-bond donors (Lipinski definition) is 1. The van der Waals surface area contributed by atoms with Crippen molar-refractivity contribution in [2.75, 3.05) is 16.0 Å². The summed E-state index contributed by atoms with van der Waals surface area (Å²) >= 11 is 1.21. The lowest BCUT2D eigenvalue weighted by atomic mass is 10.1. The van der Waals surface area contributed by atoms with Crippen LogP contribution in [0.1, 0.15) is 31.4 Å². The smallest absolute Gasteiger partial charge is 0.247 e. The van der Waals surface area contributed by atoms with E-state index in [1.165, 1.54) is 22.2 Å². The number of benzene rings is 2. The van der Waals surface area contributed by atoms with E-state index in [2.05, 4.69) is 19.2 Å². The maximum atomic E-state index is 12.7. The molecule has 0 aliphatic carbocycles. The van der Waals surface area contributed by atoms with Gasteiger partial charge in [-0.25, -0.2) is 4.90 Å². The minimum Gasteiger partial charge on any atom is -0.325 e. The van der Waals surface area contributed by atoms with Gasteiger partial charge in [-0.05, 0) is 48.2 Å². The Morgan fingerprint density at radius 2 is 1.57 bits per heavy atom. The van der Waals surface area contributed by atoms with Crippen LogP contribution in [0.15, 0.2) is 48.5 Å². The van der Waals surface area contributed by atoms with Crippen molar-refractivity contribution in [1.29, 1.82) is 0 Å². The summed E-state index contributed by atoms with van der Waals surface area (Å²) in [6, 6.07) is 15.1. The summed E-state index contributed by atoms with van der Waals surface area (Å²) in [4.78, 5) is 38.4. The van der Waals surface area contributed by atoms with Crippen molar-refractivity contribution in [1.82, 2.24) is 0 Å². The Kier molecular flexibility index (Phi) is 6.52. The van der Waals surface area contributed by atoms with Gasteiger partial charge in [0.25, 0.3) is 0 Å². The molecule has 0 aromatic heterocycles. The Morgan fingerprint density at radius 3 is 2.14 bits per heavy atom. The molecular weight excluding hydrogens is 372 g/mol. The number of thioether (sulfide) groups is 1. The number of nitrogens with zero attached hydrogens (tertiary/aromatic N) is 1. The van der Waals surface area contributed by atoms with E-state index in [-0.39, 0.29) is 29.9 Å². The number of carbonyl (C=O) groups is 3. The van der Waals surface area contributed by atoms with Crippen molar-refractivity contribution in [3.63, 3.8) is 0 Å². The number of rotatable bonds is 7. The van der Waals surface area contributed by atoms with Gasteiger partial charge in [0.1, 0.15) is 0 Å². The lowest BCUT2D eigenvalue weighted by Crippen LogP contribution is -2.31. The molecule has 3 rings (SSSR count). The third-order valence-corrected chi connectivity index (χ3v) is 5.97. The molecule has 1 heterocycles. The zero-order valence-electron chi connectivity index (χ0n) is 16.1. The van der Waals surface area contributed by atoms with Crippen molar-refractivity contribution in [3.8, 4) is 0 Å². The predicted octanol–water partition coefficient (Wildman–Crippen LogP) is 3.82. The number of aryl methyl sites for hydroxylation is 2. The van der Waals surface area contributed by atoms with Crippen LogP contribution in [0.5, 0.6) is 0 Å². The molecule has 0 bridgehead atoms. The lowest BCUT2D eigenvalue weighted by molar-refractivity contribution is -0.121. The molecule has 2 aromatic carbocycles. The zero-order valence-corrected chi connectivity index (χ0v) is 16.9. The highest BCUT2D eigenvalue weighted by Crippen LogP contribution is 2.30. The molecule has 3 amide bonds. The second-order valence-corrected chi connectivity index (χ2v) is 7.88. The van der Waals surface area contributed by atoms with Crippen LogP contribution in [0.3, 0.4) is 0 Å². The van der Waals surface area contributed by atoms with Crippen molar-refractivity contribution in [3.05, 3.63) is 59.7 Å². The van der Waals surface area contributed by atoms with Gasteiger partial charge in [0, 0.05) is 12.1 Å².